The first kappa shape index (κ1) is 14.7. The van der Waals surface area contributed by atoms with Crippen LogP contribution in [0.15, 0.2) is 0 Å². The quantitative estimate of drug-likeness (QED) is 0.152. The molecule has 0 unspecified atom stereocenters. The van der Waals surface area contributed by atoms with E-state index >= 15 is 0 Å². The van der Waals surface area contributed by atoms with E-state index in [2.05, 4.69) is 10.6 Å². The Bertz CT molecular complexity index is 170. The first-order valence-electron chi connectivity index (χ1n) is 4.54. The average Bonchev–Trinajstić information content (AvgIpc) is 2.09. The molecule has 0 rings (SSSR count). The molecule has 0 spiro atoms. The lowest BCUT2D eigenvalue weighted by Crippen LogP contribution is -2.60. The summed E-state index contributed by atoms with van der Waals surface area (Å²) in [4.78, 5) is 0. The minimum Gasteiger partial charge on any atom is -0.358 e. The van der Waals surface area contributed by atoms with Gasteiger partial charge in [-0.25, -0.2) is 0 Å². The smallest absolute Gasteiger partial charge is 0.334 e. The summed E-state index contributed by atoms with van der Waals surface area (Å²) >= 11 is 0. The summed E-state index contributed by atoms with van der Waals surface area (Å²) in [6.45, 7) is 1.44. The standard InChI is InChI=1S/C7H19N3O5/c8-1-2-9-3-4-10-5-6(11,12)7(13,14)15/h9-15H,1-5,8H2. The van der Waals surface area contributed by atoms with Crippen molar-refractivity contribution in [3.05, 3.63) is 0 Å². The van der Waals surface area contributed by atoms with Gasteiger partial charge in [0.1, 0.15) is 0 Å². The third-order valence-corrected chi connectivity index (χ3v) is 1.71. The van der Waals surface area contributed by atoms with Crippen LogP contribution < -0.4 is 16.4 Å². The van der Waals surface area contributed by atoms with Crippen molar-refractivity contribution < 1.29 is 25.5 Å². The minimum atomic E-state index is -3.55. The maximum atomic E-state index is 8.96. The third kappa shape index (κ3) is 5.97. The molecule has 8 heteroatoms. The van der Waals surface area contributed by atoms with Crippen molar-refractivity contribution in [1.29, 1.82) is 0 Å². The Hall–Kier alpha value is -0.320. The van der Waals surface area contributed by atoms with Gasteiger partial charge in [-0.05, 0) is 0 Å². The number of nitrogens with two attached hydrogens (primary N) is 1. The normalized spacial score (nSPS) is 13.2. The maximum Gasteiger partial charge on any atom is 0.334 e. The second kappa shape index (κ2) is 6.30. The molecule has 0 aromatic carbocycles. The molecule has 0 aliphatic rings. The van der Waals surface area contributed by atoms with Crippen LogP contribution in [0.5, 0.6) is 0 Å². The predicted molar refractivity (Wildman–Crippen MR) is 51.3 cm³/mol. The first-order valence-corrected chi connectivity index (χ1v) is 4.54. The molecule has 8 nitrogen and oxygen atoms in total. The van der Waals surface area contributed by atoms with Crippen molar-refractivity contribution in [3.63, 3.8) is 0 Å². The van der Waals surface area contributed by atoms with Crippen LogP contribution in [0.2, 0.25) is 0 Å². The van der Waals surface area contributed by atoms with E-state index in [0.717, 1.165) is 0 Å². The van der Waals surface area contributed by atoms with Crippen molar-refractivity contribution in [2.45, 2.75) is 11.8 Å². The molecule has 92 valence electrons. The second-order valence-corrected chi connectivity index (χ2v) is 3.17. The lowest BCUT2D eigenvalue weighted by atomic mass is 10.2. The monoisotopic (exact) mass is 225 g/mol. The molecular formula is C7H19N3O5. The first-order chi connectivity index (χ1) is 6.81. The van der Waals surface area contributed by atoms with Gasteiger partial charge in [0.15, 0.2) is 0 Å². The van der Waals surface area contributed by atoms with Gasteiger partial charge in [0.2, 0.25) is 0 Å². The predicted octanol–water partition coefficient (Wildman–Crippen LogP) is -4.56. The highest BCUT2D eigenvalue weighted by Crippen LogP contribution is 2.11. The summed E-state index contributed by atoms with van der Waals surface area (Å²) in [6, 6.07) is 0. The van der Waals surface area contributed by atoms with Crippen molar-refractivity contribution in [2.75, 3.05) is 32.7 Å². The largest absolute Gasteiger partial charge is 0.358 e. The average molecular weight is 225 g/mol. The molecule has 0 saturated carbocycles. The molecule has 9 N–H and O–H groups in total. The van der Waals surface area contributed by atoms with Crippen LogP contribution in [-0.2, 0) is 0 Å². The lowest BCUT2D eigenvalue weighted by Gasteiger charge is -2.29. The highest BCUT2D eigenvalue weighted by molar-refractivity contribution is 4.75. The Morgan fingerprint density at radius 3 is 1.87 bits per heavy atom. The summed E-state index contributed by atoms with van der Waals surface area (Å²) in [7, 11) is 0. The zero-order chi connectivity index (χ0) is 11.9. The van der Waals surface area contributed by atoms with Gasteiger partial charge in [0, 0.05) is 26.2 Å². The highest BCUT2D eigenvalue weighted by Gasteiger charge is 2.45. The zero-order valence-electron chi connectivity index (χ0n) is 8.35. The number of nitrogens with one attached hydrogen (secondary N) is 2. The van der Waals surface area contributed by atoms with Gasteiger partial charge in [-0.1, -0.05) is 0 Å². The van der Waals surface area contributed by atoms with E-state index in [4.69, 9.17) is 31.3 Å². The van der Waals surface area contributed by atoms with Crippen LogP contribution in [-0.4, -0.2) is 70.0 Å². The van der Waals surface area contributed by atoms with Crippen LogP contribution in [0.3, 0.4) is 0 Å². The van der Waals surface area contributed by atoms with E-state index in [9.17, 15) is 0 Å². The molecule has 0 atom stereocenters. The van der Waals surface area contributed by atoms with Crippen LogP contribution in [0.25, 0.3) is 0 Å². The molecule has 15 heavy (non-hydrogen) atoms. The molecule has 0 fully saturated rings. The van der Waals surface area contributed by atoms with Gasteiger partial charge in [-0.3, -0.25) is 0 Å². The van der Waals surface area contributed by atoms with Crippen molar-refractivity contribution in [2.24, 2.45) is 5.73 Å². The van der Waals surface area contributed by atoms with Gasteiger partial charge in [0.05, 0.1) is 6.54 Å². The summed E-state index contributed by atoms with van der Waals surface area (Å²) in [5.41, 5.74) is 5.21. The summed E-state index contributed by atoms with van der Waals surface area (Å²) in [5.74, 6) is -6.56. The van der Waals surface area contributed by atoms with E-state index in [1.807, 2.05) is 0 Å². The Balaban J connectivity index is 3.58. The Labute approximate surface area is 87.3 Å². The molecule has 0 radical (unpaired) electrons. The van der Waals surface area contributed by atoms with Gasteiger partial charge in [-0.2, -0.15) is 0 Å². The number of hydrogen-bond acceptors (Lipinski definition) is 8. The third-order valence-electron chi connectivity index (χ3n) is 1.71. The molecule has 0 amide bonds. The summed E-state index contributed by atoms with van der Waals surface area (Å²) in [6.07, 6.45) is 0. The number of aliphatic hydroxyl groups is 5. The fourth-order valence-corrected chi connectivity index (χ4v) is 0.785. The van der Waals surface area contributed by atoms with Crippen molar-refractivity contribution in [1.82, 2.24) is 10.6 Å². The molecule has 0 heterocycles. The minimum absolute atomic E-state index is 0.360. The van der Waals surface area contributed by atoms with Gasteiger partial charge in [0.25, 0.3) is 5.79 Å². The van der Waals surface area contributed by atoms with Gasteiger partial charge < -0.3 is 41.9 Å². The van der Waals surface area contributed by atoms with Crippen molar-refractivity contribution >= 4 is 0 Å². The van der Waals surface area contributed by atoms with E-state index in [1.165, 1.54) is 0 Å². The number of rotatable bonds is 8. The lowest BCUT2D eigenvalue weighted by molar-refractivity contribution is -0.443. The van der Waals surface area contributed by atoms with E-state index in [1.54, 1.807) is 0 Å². The fraction of sp³-hybridized carbons (Fsp3) is 1.00. The van der Waals surface area contributed by atoms with E-state index in [-0.39, 0.29) is 0 Å². The SMILES string of the molecule is NCCNCCNCC(O)(O)C(O)(O)O. The van der Waals surface area contributed by atoms with Crippen LogP contribution in [0.1, 0.15) is 0 Å². The topological polar surface area (TPSA) is 151 Å². The summed E-state index contributed by atoms with van der Waals surface area (Å²) < 4.78 is 0. The van der Waals surface area contributed by atoms with Crippen LogP contribution in [0, 0.1) is 0 Å². The molecule has 0 aliphatic carbocycles. The summed E-state index contributed by atoms with van der Waals surface area (Å²) in [5, 5.41) is 48.9. The molecule has 0 aromatic rings. The Morgan fingerprint density at radius 2 is 1.40 bits per heavy atom. The van der Waals surface area contributed by atoms with Crippen LogP contribution >= 0.6 is 0 Å². The van der Waals surface area contributed by atoms with Crippen molar-refractivity contribution in [3.8, 4) is 0 Å². The highest BCUT2D eigenvalue weighted by atomic mass is 16.7. The van der Waals surface area contributed by atoms with Gasteiger partial charge in [-0.15, -0.1) is 0 Å². The second-order valence-electron chi connectivity index (χ2n) is 3.17. The van der Waals surface area contributed by atoms with Gasteiger partial charge >= 0.3 is 5.97 Å². The zero-order valence-corrected chi connectivity index (χ0v) is 8.35. The molecule has 0 bridgehead atoms. The maximum absolute atomic E-state index is 8.96. The Morgan fingerprint density at radius 1 is 0.867 bits per heavy atom. The molecule has 0 aromatic heterocycles. The van der Waals surface area contributed by atoms with E-state index < -0.39 is 18.3 Å². The fourth-order valence-electron chi connectivity index (χ4n) is 0.785. The Kier molecular flexibility index (Phi) is 6.17. The number of hydrogen-bond donors (Lipinski definition) is 8. The van der Waals surface area contributed by atoms with E-state index in [0.29, 0.717) is 26.2 Å². The molecular weight excluding hydrogens is 206 g/mol. The molecule has 0 saturated heterocycles. The van der Waals surface area contributed by atoms with Crippen LogP contribution in [0.4, 0.5) is 0 Å². The molecule has 0 aliphatic heterocycles.